The number of hydrogen-bond donors (Lipinski definition) is 2. The second-order valence-electron chi connectivity index (χ2n) is 6.75. The highest BCUT2D eigenvalue weighted by Crippen LogP contribution is 2.37. The number of nitrogen functional groups attached to an aromatic ring is 1. The fraction of sp³-hybridized carbons (Fsp3) is 0.222. The van der Waals surface area contributed by atoms with Crippen molar-refractivity contribution in [1.82, 2.24) is 29.5 Å². The summed E-state index contributed by atoms with van der Waals surface area (Å²) < 4.78 is 41.5. The molecule has 0 radical (unpaired) electrons. The number of nitrogens with one attached hydrogen (secondary N) is 1. The Morgan fingerprint density at radius 2 is 1.97 bits per heavy atom. The van der Waals surface area contributed by atoms with E-state index >= 15 is 0 Å². The van der Waals surface area contributed by atoms with E-state index in [0.717, 1.165) is 11.8 Å². The van der Waals surface area contributed by atoms with Crippen molar-refractivity contribution in [3.63, 3.8) is 0 Å². The van der Waals surface area contributed by atoms with E-state index in [1.165, 1.54) is 35.2 Å². The summed E-state index contributed by atoms with van der Waals surface area (Å²) in [4.78, 5) is 17.9. The Labute approximate surface area is 162 Å². The Hall–Kier alpha value is -3.63. The lowest BCUT2D eigenvalue weighted by atomic mass is 10.00. The molecule has 1 aliphatic heterocycles. The molecule has 0 unspecified atom stereocenters. The Morgan fingerprint density at radius 1 is 1.17 bits per heavy atom. The van der Waals surface area contributed by atoms with Crippen molar-refractivity contribution in [3.8, 4) is 0 Å². The lowest BCUT2D eigenvalue weighted by Gasteiger charge is -2.33. The predicted molar refractivity (Wildman–Crippen MR) is 98.1 cm³/mol. The number of imidazole rings is 1. The third-order valence-electron chi connectivity index (χ3n) is 4.95. The van der Waals surface area contributed by atoms with Gasteiger partial charge in [0.1, 0.15) is 6.04 Å². The number of halogens is 3. The summed E-state index contributed by atoms with van der Waals surface area (Å²) in [7, 11) is 0. The van der Waals surface area contributed by atoms with Crippen molar-refractivity contribution in [2.75, 3.05) is 17.2 Å². The highest BCUT2D eigenvalue weighted by Gasteiger charge is 2.37. The molecule has 0 amide bonds. The molecule has 5 heterocycles. The van der Waals surface area contributed by atoms with Crippen LogP contribution in [0.15, 0.2) is 43.1 Å². The fourth-order valence-corrected chi connectivity index (χ4v) is 3.68. The highest BCUT2D eigenvalue weighted by molar-refractivity contribution is 5.59. The number of alkyl halides is 3. The van der Waals surface area contributed by atoms with E-state index in [-0.39, 0.29) is 5.52 Å². The molecule has 1 atom stereocenters. The van der Waals surface area contributed by atoms with Gasteiger partial charge >= 0.3 is 6.18 Å². The number of rotatable bonds is 2. The van der Waals surface area contributed by atoms with Gasteiger partial charge in [-0.1, -0.05) is 0 Å². The molecule has 148 valence electrons. The van der Waals surface area contributed by atoms with E-state index in [4.69, 9.17) is 5.73 Å². The first-order valence-electron chi connectivity index (χ1n) is 8.83. The number of nitrogens with zero attached hydrogens (tertiary/aromatic N) is 6. The summed E-state index contributed by atoms with van der Waals surface area (Å²) in [5.74, 6) is 0.408. The number of pyridine rings is 1. The molecule has 0 saturated carbocycles. The van der Waals surface area contributed by atoms with Crippen molar-refractivity contribution < 1.29 is 13.2 Å². The topological polar surface area (TPSA) is 101 Å². The first-order valence-corrected chi connectivity index (χ1v) is 8.83. The maximum atomic E-state index is 13.4. The Kier molecular flexibility index (Phi) is 3.73. The maximum absolute atomic E-state index is 13.4. The maximum Gasteiger partial charge on any atom is 0.418 e. The lowest BCUT2D eigenvalue weighted by molar-refractivity contribution is -0.136. The molecule has 0 aliphatic carbocycles. The monoisotopic (exact) mass is 400 g/mol. The summed E-state index contributed by atoms with van der Waals surface area (Å²) in [5, 5.41) is 4.42. The van der Waals surface area contributed by atoms with Gasteiger partial charge < -0.3 is 15.6 Å². The van der Waals surface area contributed by atoms with Gasteiger partial charge in [0.15, 0.2) is 0 Å². The zero-order valence-electron chi connectivity index (χ0n) is 14.9. The zero-order chi connectivity index (χ0) is 20.2. The Balaban J connectivity index is 1.68. The van der Waals surface area contributed by atoms with Crippen LogP contribution in [0.3, 0.4) is 0 Å². The SMILES string of the molecule is Nc1cnc(N2CCc3[nH]cnc3[C@@H]2c2cc3c(C(F)(F)F)cccn3n2)nc1. The number of nitrogens with two attached hydrogens (primary N) is 1. The number of fused-ring (bicyclic) bond motifs is 2. The van der Waals surface area contributed by atoms with Crippen molar-refractivity contribution in [1.29, 1.82) is 0 Å². The van der Waals surface area contributed by atoms with Gasteiger partial charge in [-0.2, -0.15) is 18.3 Å². The number of H-pyrrole nitrogens is 1. The third kappa shape index (κ3) is 2.85. The van der Waals surface area contributed by atoms with Crippen molar-refractivity contribution in [2.45, 2.75) is 18.6 Å². The van der Waals surface area contributed by atoms with E-state index in [2.05, 4.69) is 25.0 Å². The van der Waals surface area contributed by atoms with Crippen molar-refractivity contribution in [3.05, 3.63) is 65.8 Å². The molecular formula is C18H15F3N8. The van der Waals surface area contributed by atoms with Crippen LogP contribution in [-0.2, 0) is 12.6 Å². The molecular weight excluding hydrogens is 385 g/mol. The van der Waals surface area contributed by atoms with E-state index in [9.17, 15) is 13.2 Å². The molecule has 4 aromatic rings. The molecule has 29 heavy (non-hydrogen) atoms. The number of anilines is 2. The highest BCUT2D eigenvalue weighted by atomic mass is 19.4. The molecule has 11 heteroatoms. The van der Waals surface area contributed by atoms with Crippen LogP contribution in [0.2, 0.25) is 0 Å². The molecule has 8 nitrogen and oxygen atoms in total. The van der Waals surface area contributed by atoms with E-state index in [0.29, 0.717) is 36.0 Å². The van der Waals surface area contributed by atoms with Crippen molar-refractivity contribution in [2.24, 2.45) is 0 Å². The van der Waals surface area contributed by atoms with Gasteiger partial charge in [-0.05, 0) is 18.2 Å². The van der Waals surface area contributed by atoms with E-state index in [1.807, 2.05) is 4.90 Å². The summed E-state index contributed by atoms with van der Waals surface area (Å²) >= 11 is 0. The predicted octanol–water partition coefficient (Wildman–Crippen LogP) is 2.60. The average molecular weight is 400 g/mol. The summed E-state index contributed by atoms with van der Waals surface area (Å²) in [6, 6.07) is 3.29. The lowest BCUT2D eigenvalue weighted by Crippen LogP contribution is -2.37. The number of hydrogen-bond acceptors (Lipinski definition) is 6. The summed E-state index contributed by atoms with van der Waals surface area (Å²) in [5.41, 5.74) is 7.37. The molecule has 3 N–H and O–H groups in total. The van der Waals surface area contributed by atoms with Crippen LogP contribution in [-0.4, -0.2) is 36.1 Å². The van der Waals surface area contributed by atoms with Crippen LogP contribution in [0.25, 0.3) is 5.52 Å². The largest absolute Gasteiger partial charge is 0.418 e. The molecule has 5 rings (SSSR count). The van der Waals surface area contributed by atoms with Crippen LogP contribution in [0.1, 0.15) is 28.7 Å². The second-order valence-corrected chi connectivity index (χ2v) is 6.75. The minimum Gasteiger partial charge on any atom is -0.396 e. The van der Waals surface area contributed by atoms with Gasteiger partial charge in [-0.3, -0.25) is 0 Å². The van der Waals surface area contributed by atoms with Crippen LogP contribution in [0.5, 0.6) is 0 Å². The second kappa shape index (κ2) is 6.19. The van der Waals surface area contributed by atoms with Crippen molar-refractivity contribution >= 4 is 17.2 Å². The molecule has 1 aliphatic rings. The van der Waals surface area contributed by atoms with Gasteiger partial charge in [-0.15, -0.1) is 0 Å². The average Bonchev–Trinajstić information content (AvgIpc) is 3.33. The van der Waals surface area contributed by atoms with Gasteiger partial charge in [0.2, 0.25) is 5.95 Å². The quantitative estimate of drug-likeness (QED) is 0.536. The van der Waals surface area contributed by atoms with Crippen LogP contribution >= 0.6 is 0 Å². The zero-order valence-corrected chi connectivity index (χ0v) is 14.9. The minimum atomic E-state index is -4.48. The van der Waals surface area contributed by atoms with Crippen LogP contribution < -0.4 is 10.6 Å². The first-order chi connectivity index (χ1) is 13.9. The molecule has 4 aromatic heterocycles. The molecule has 0 aromatic carbocycles. The van der Waals surface area contributed by atoms with E-state index in [1.54, 1.807) is 6.33 Å². The summed E-state index contributed by atoms with van der Waals surface area (Å²) in [6.07, 6.45) is 2.23. The Bertz CT molecular complexity index is 1180. The van der Waals surface area contributed by atoms with Gasteiger partial charge in [0.25, 0.3) is 0 Å². The van der Waals surface area contributed by atoms with Crippen LogP contribution in [0.4, 0.5) is 24.8 Å². The third-order valence-corrected chi connectivity index (χ3v) is 4.95. The van der Waals surface area contributed by atoms with Crippen LogP contribution in [0, 0.1) is 0 Å². The minimum absolute atomic E-state index is 0.0177. The number of aromatic nitrogens is 6. The number of aromatic amines is 1. The first kappa shape index (κ1) is 17.5. The fourth-order valence-electron chi connectivity index (χ4n) is 3.68. The van der Waals surface area contributed by atoms with Gasteiger partial charge in [0.05, 0.1) is 46.9 Å². The molecule has 0 fully saturated rings. The normalized spacial score (nSPS) is 16.9. The molecule has 0 saturated heterocycles. The standard InChI is InChI=1S/C18H15F3N8/c19-18(20,21)11-2-1-4-29-14(11)6-13(27-29)16-15-12(25-9-26-15)3-5-28(16)17-23-7-10(22)8-24-17/h1-2,4,6-9,16H,3,5,22H2,(H,25,26)/t16-/m0/s1. The summed E-state index contributed by atoms with van der Waals surface area (Å²) in [6.45, 7) is 0.545. The smallest absolute Gasteiger partial charge is 0.396 e. The molecule has 0 spiro atoms. The van der Waals surface area contributed by atoms with Gasteiger partial charge in [0, 0.05) is 24.9 Å². The Morgan fingerprint density at radius 3 is 2.72 bits per heavy atom. The van der Waals surface area contributed by atoms with E-state index < -0.39 is 17.8 Å². The molecule has 0 bridgehead atoms. The van der Waals surface area contributed by atoms with Gasteiger partial charge in [-0.25, -0.2) is 19.5 Å².